The molecule has 0 unspecified atom stereocenters. The summed E-state index contributed by atoms with van der Waals surface area (Å²) in [5, 5.41) is 1.82. The standard InChI is InChI=1S/C23H20Cl2FN5S/c24-14-6-8-20(17(25)10-14)32-30-19-7-5-13(9-18(19)26)16-11-31(15-3-1-2-4-15)23-21(16)22(27)28-12-29-23/h5-12,15,30H,1-4H2,(H2,27,28,29). The highest BCUT2D eigenvalue weighted by Gasteiger charge is 2.23. The fourth-order valence-electron chi connectivity index (χ4n) is 4.22. The maximum atomic E-state index is 15.0. The molecule has 0 atom stereocenters. The molecular formula is C23H20Cl2FN5S. The molecule has 0 amide bonds. The van der Waals surface area contributed by atoms with E-state index in [1.165, 1.54) is 37.2 Å². The molecule has 4 aromatic rings. The highest BCUT2D eigenvalue weighted by atomic mass is 35.5. The van der Waals surface area contributed by atoms with Crippen molar-refractivity contribution in [1.29, 1.82) is 0 Å². The maximum absolute atomic E-state index is 15.0. The smallest absolute Gasteiger partial charge is 0.147 e. The molecule has 1 fully saturated rings. The molecule has 2 aromatic carbocycles. The van der Waals surface area contributed by atoms with Crippen LogP contribution in [0.2, 0.25) is 10.0 Å². The Hall–Kier alpha value is -2.48. The lowest BCUT2D eigenvalue weighted by atomic mass is 10.1. The zero-order valence-corrected chi connectivity index (χ0v) is 19.3. The zero-order valence-electron chi connectivity index (χ0n) is 17.0. The van der Waals surface area contributed by atoms with Crippen LogP contribution in [-0.2, 0) is 0 Å². The van der Waals surface area contributed by atoms with Crippen molar-refractivity contribution in [3.05, 3.63) is 64.8 Å². The quantitative estimate of drug-likeness (QED) is 0.287. The normalized spacial score (nSPS) is 14.3. The van der Waals surface area contributed by atoms with Gasteiger partial charge in [-0.2, -0.15) is 0 Å². The number of halogens is 3. The largest absolute Gasteiger partial charge is 0.383 e. The number of benzene rings is 2. The Morgan fingerprint density at radius 1 is 1.09 bits per heavy atom. The van der Waals surface area contributed by atoms with E-state index in [9.17, 15) is 0 Å². The lowest BCUT2D eigenvalue weighted by Gasteiger charge is -2.12. The van der Waals surface area contributed by atoms with E-state index in [0.29, 0.717) is 27.6 Å². The summed E-state index contributed by atoms with van der Waals surface area (Å²) in [4.78, 5) is 9.42. The number of rotatable bonds is 5. The van der Waals surface area contributed by atoms with Gasteiger partial charge in [-0.25, -0.2) is 14.4 Å². The molecule has 0 radical (unpaired) electrons. The molecule has 1 aliphatic carbocycles. The van der Waals surface area contributed by atoms with Gasteiger partial charge < -0.3 is 15.0 Å². The first-order valence-electron chi connectivity index (χ1n) is 10.3. The molecular weight excluding hydrogens is 468 g/mol. The first kappa shape index (κ1) is 21.4. The first-order valence-corrected chi connectivity index (χ1v) is 11.9. The van der Waals surface area contributed by atoms with Crippen LogP contribution in [0.4, 0.5) is 15.9 Å². The minimum absolute atomic E-state index is 0.355. The molecule has 164 valence electrons. The van der Waals surface area contributed by atoms with Gasteiger partial charge in [-0.1, -0.05) is 42.1 Å². The van der Waals surface area contributed by atoms with Gasteiger partial charge in [0.15, 0.2) is 0 Å². The summed E-state index contributed by atoms with van der Waals surface area (Å²) < 4.78 is 20.2. The summed E-state index contributed by atoms with van der Waals surface area (Å²) in [7, 11) is 0. The van der Waals surface area contributed by atoms with E-state index in [-0.39, 0.29) is 5.82 Å². The number of hydrogen-bond donors (Lipinski definition) is 2. The van der Waals surface area contributed by atoms with Crippen LogP contribution in [0.5, 0.6) is 0 Å². The molecule has 1 aliphatic rings. The second-order valence-corrected chi connectivity index (χ2v) is 9.51. The van der Waals surface area contributed by atoms with Crippen LogP contribution in [0.25, 0.3) is 22.2 Å². The molecule has 2 aromatic heterocycles. The van der Waals surface area contributed by atoms with Gasteiger partial charge in [0, 0.05) is 27.7 Å². The van der Waals surface area contributed by atoms with E-state index >= 15 is 4.39 Å². The predicted octanol–water partition coefficient (Wildman–Crippen LogP) is 7.36. The van der Waals surface area contributed by atoms with E-state index in [2.05, 4.69) is 19.3 Å². The van der Waals surface area contributed by atoms with Crippen molar-refractivity contribution >= 4 is 57.7 Å². The van der Waals surface area contributed by atoms with Gasteiger partial charge in [-0.3, -0.25) is 0 Å². The minimum atomic E-state index is -0.378. The second kappa shape index (κ2) is 8.81. The second-order valence-electron chi connectivity index (χ2n) is 7.82. The highest BCUT2D eigenvalue weighted by Crippen LogP contribution is 2.39. The Labute approximate surface area is 199 Å². The SMILES string of the molecule is Nc1ncnc2c1c(-c1ccc(NSc3ccc(Cl)cc3Cl)c(F)c1)cn2C1CCCC1. The van der Waals surface area contributed by atoms with Crippen molar-refractivity contribution in [3.8, 4) is 11.1 Å². The molecule has 0 spiro atoms. The molecule has 1 saturated carbocycles. The van der Waals surface area contributed by atoms with E-state index in [1.54, 1.807) is 24.3 Å². The number of nitrogens with one attached hydrogen (secondary N) is 1. The Morgan fingerprint density at radius 3 is 2.66 bits per heavy atom. The number of aromatic nitrogens is 3. The van der Waals surface area contributed by atoms with Gasteiger partial charge in [-0.15, -0.1) is 0 Å². The Bertz CT molecular complexity index is 1300. The fourth-order valence-corrected chi connectivity index (χ4v) is 5.42. The monoisotopic (exact) mass is 487 g/mol. The summed E-state index contributed by atoms with van der Waals surface area (Å²) in [6.07, 6.45) is 8.13. The average Bonchev–Trinajstić information content (AvgIpc) is 3.42. The van der Waals surface area contributed by atoms with Crippen LogP contribution in [0.3, 0.4) is 0 Å². The molecule has 0 aliphatic heterocycles. The molecule has 5 nitrogen and oxygen atoms in total. The lowest BCUT2D eigenvalue weighted by molar-refractivity contribution is 0.532. The number of nitrogen functional groups attached to an aromatic ring is 1. The lowest BCUT2D eigenvalue weighted by Crippen LogP contribution is -2.04. The Balaban J connectivity index is 1.47. The van der Waals surface area contributed by atoms with Crippen molar-refractivity contribution in [1.82, 2.24) is 14.5 Å². The third kappa shape index (κ3) is 4.00. The van der Waals surface area contributed by atoms with Crippen LogP contribution in [0, 0.1) is 5.82 Å². The maximum Gasteiger partial charge on any atom is 0.147 e. The van der Waals surface area contributed by atoms with Gasteiger partial charge in [0.2, 0.25) is 0 Å². The molecule has 5 rings (SSSR count). The minimum Gasteiger partial charge on any atom is -0.383 e. The number of nitrogens with zero attached hydrogens (tertiary/aromatic N) is 3. The number of fused-ring (bicyclic) bond motifs is 1. The number of hydrogen-bond acceptors (Lipinski definition) is 5. The Morgan fingerprint density at radius 2 is 1.91 bits per heavy atom. The van der Waals surface area contributed by atoms with Gasteiger partial charge in [-0.05, 0) is 60.7 Å². The Kier molecular flexibility index (Phi) is 5.88. The number of nitrogens with two attached hydrogens (primary N) is 1. The van der Waals surface area contributed by atoms with Gasteiger partial charge in [0.05, 0.1) is 16.1 Å². The summed E-state index contributed by atoms with van der Waals surface area (Å²) >= 11 is 13.4. The van der Waals surface area contributed by atoms with E-state index in [1.807, 2.05) is 12.3 Å². The summed E-state index contributed by atoms with van der Waals surface area (Å²) in [6, 6.07) is 10.6. The van der Waals surface area contributed by atoms with E-state index in [4.69, 9.17) is 28.9 Å². The fraction of sp³-hybridized carbons (Fsp3) is 0.217. The highest BCUT2D eigenvalue weighted by molar-refractivity contribution is 8.00. The molecule has 0 saturated heterocycles. The van der Waals surface area contributed by atoms with E-state index < -0.39 is 0 Å². The molecule has 3 N–H and O–H groups in total. The zero-order chi connectivity index (χ0) is 22.2. The third-order valence-electron chi connectivity index (χ3n) is 5.80. The van der Waals surface area contributed by atoms with Crippen LogP contribution < -0.4 is 10.5 Å². The van der Waals surface area contributed by atoms with E-state index in [0.717, 1.165) is 39.9 Å². The summed E-state index contributed by atoms with van der Waals surface area (Å²) in [6.45, 7) is 0. The van der Waals surface area contributed by atoms with Crippen molar-refractivity contribution in [2.45, 2.75) is 36.6 Å². The van der Waals surface area contributed by atoms with Crippen LogP contribution in [0.1, 0.15) is 31.7 Å². The third-order valence-corrected chi connectivity index (χ3v) is 7.36. The van der Waals surface area contributed by atoms with Crippen molar-refractivity contribution in [2.75, 3.05) is 10.5 Å². The topological polar surface area (TPSA) is 68.8 Å². The predicted molar refractivity (Wildman–Crippen MR) is 131 cm³/mol. The van der Waals surface area contributed by atoms with Crippen LogP contribution in [0.15, 0.2) is 53.8 Å². The molecule has 32 heavy (non-hydrogen) atoms. The molecule has 9 heteroatoms. The summed E-state index contributed by atoms with van der Waals surface area (Å²) in [5.74, 6) is 0.0227. The van der Waals surface area contributed by atoms with Crippen LogP contribution in [-0.4, -0.2) is 14.5 Å². The average molecular weight is 488 g/mol. The van der Waals surface area contributed by atoms with Gasteiger partial charge in [0.25, 0.3) is 0 Å². The molecule has 2 heterocycles. The van der Waals surface area contributed by atoms with Crippen LogP contribution >= 0.6 is 35.1 Å². The van der Waals surface area contributed by atoms with Gasteiger partial charge >= 0.3 is 0 Å². The van der Waals surface area contributed by atoms with Crippen molar-refractivity contribution < 1.29 is 4.39 Å². The summed E-state index contributed by atoms with van der Waals surface area (Å²) in [5.41, 5.74) is 8.94. The first-order chi connectivity index (χ1) is 15.5. The molecule has 0 bridgehead atoms. The number of anilines is 2. The van der Waals surface area contributed by atoms with Gasteiger partial charge in [0.1, 0.15) is 23.6 Å². The van der Waals surface area contributed by atoms with Crippen molar-refractivity contribution in [3.63, 3.8) is 0 Å². The van der Waals surface area contributed by atoms with Crippen molar-refractivity contribution in [2.24, 2.45) is 0 Å².